The standard InChI is InChI=1S/C52H34N4/c1-4-15-35(16-5-1)38-22-14-23-40(29-38)51-54-50(37-19-8-3-9-20-37)55-52(56-51)44-31-42(41-27-28-49(53-34-41)36-17-6-2-7-18-36)30-43(32-44)48-33-39-21-10-11-24-45(39)46-25-12-13-26-47(46)48/h1-34H. The summed E-state index contributed by atoms with van der Waals surface area (Å²) in [6, 6.07) is 69.7. The second-order valence-corrected chi connectivity index (χ2v) is 13.9. The van der Waals surface area contributed by atoms with Gasteiger partial charge in [-0.1, -0.05) is 164 Å². The Labute approximate surface area is 325 Å². The van der Waals surface area contributed by atoms with Crippen molar-refractivity contribution in [3.05, 3.63) is 206 Å². The molecule has 8 aromatic carbocycles. The van der Waals surface area contributed by atoms with E-state index in [-0.39, 0.29) is 0 Å². The predicted molar refractivity (Wildman–Crippen MR) is 231 cm³/mol. The van der Waals surface area contributed by atoms with Gasteiger partial charge in [-0.15, -0.1) is 0 Å². The molecular formula is C52H34N4. The Kier molecular flexibility index (Phi) is 8.47. The first-order chi connectivity index (χ1) is 27.7. The van der Waals surface area contributed by atoms with Gasteiger partial charge in [-0.25, -0.2) is 15.0 Å². The molecule has 2 heterocycles. The van der Waals surface area contributed by atoms with Gasteiger partial charge in [-0.2, -0.15) is 0 Å². The molecule has 10 rings (SSSR count). The molecule has 262 valence electrons. The average Bonchev–Trinajstić information content (AvgIpc) is 3.29. The van der Waals surface area contributed by atoms with Crippen LogP contribution in [0, 0.1) is 0 Å². The molecule has 4 heteroatoms. The predicted octanol–water partition coefficient (Wildman–Crippen LogP) is 13.2. The number of pyridine rings is 1. The molecule has 0 aliphatic heterocycles. The summed E-state index contributed by atoms with van der Waals surface area (Å²) < 4.78 is 0. The lowest BCUT2D eigenvalue weighted by atomic mass is 9.90. The molecule has 56 heavy (non-hydrogen) atoms. The highest BCUT2D eigenvalue weighted by Gasteiger charge is 2.17. The molecule has 0 unspecified atom stereocenters. The maximum Gasteiger partial charge on any atom is 0.164 e. The zero-order valence-electron chi connectivity index (χ0n) is 30.4. The maximum absolute atomic E-state index is 5.23. The van der Waals surface area contributed by atoms with E-state index in [4.69, 9.17) is 19.9 Å². The Morgan fingerprint density at radius 2 is 0.786 bits per heavy atom. The molecule has 0 amide bonds. The van der Waals surface area contributed by atoms with Crippen molar-refractivity contribution in [1.82, 2.24) is 19.9 Å². The molecule has 0 atom stereocenters. The van der Waals surface area contributed by atoms with Gasteiger partial charge in [-0.3, -0.25) is 4.98 Å². The molecule has 0 bridgehead atoms. The van der Waals surface area contributed by atoms with Crippen LogP contribution in [0.5, 0.6) is 0 Å². The summed E-state index contributed by atoms with van der Waals surface area (Å²) in [6.07, 6.45) is 1.97. The Morgan fingerprint density at radius 3 is 1.50 bits per heavy atom. The maximum atomic E-state index is 5.23. The van der Waals surface area contributed by atoms with E-state index in [9.17, 15) is 0 Å². The lowest BCUT2D eigenvalue weighted by Crippen LogP contribution is -2.01. The number of hydrogen-bond donors (Lipinski definition) is 0. The summed E-state index contributed by atoms with van der Waals surface area (Å²) in [5.41, 5.74) is 11.2. The molecule has 10 aromatic rings. The van der Waals surface area contributed by atoms with Crippen LogP contribution < -0.4 is 0 Å². The van der Waals surface area contributed by atoms with Gasteiger partial charge in [0.15, 0.2) is 17.5 Å². The Balaban J connectivity index is 1.20. The minimum Gasteiger partial charge on any atom is -0.256 e. The van der Waals surface area contributed by atoms with Gasteiger partial charge in [0.05, 0.1) is 5.69 Å². The van der Waals surface area contributed by atoms with Crippen molar-refractivity contribution >= 4 is 21.5 Å². The summed E-state index contributed by atoms with van der Waals surface area (Å²) in [5, 5.41) is 4.82. The van der Waals surface area contributed by atoms with E-state index < -0.39 is 0 Å². The zero-order valence-corrected chi connectivity index (χ0v) is 30.4. The fourth-order valence-electron chi connectivity index (χ4n) is 7.54. The van der Waals surface area contributed by atoms with E-state index in [1.807, 2.05) is 60.8 Å². The highest BCUT2D eigenvalue weighted by atomic mass is 15.0. The van der Waals surface area contributed by atoms with Gasteiger partial charge in [0, 0.05) is 34.0 Å². The Hall–Kier alpha value is -7.56. The van der Waals surface area contributed by atoms with Crippen molar-refractivity contribution in [2.24, 2.45) is 0 Å². The molecule has 0 spiro atoms. The van der Waals surface area contributed by atoms with Crippen molar-refractivity contribution in [3.63, 3.8) is 0 Å². The summed E-state index contributed by atoms with van der Waals surface area (Å²) in [4.78, 5) is 20.4. The normalized spacial score (nSPS) is 11.2. The number of fused-ring (bicyclic) bond motifs is 3. The van der Waals surface area contributed by atoms with Crippen LogP contribution in [0.1, 0.15) is 0 Å². The molecular weight excluding hydrogens is 681 g/mol. The first-order valence-corrected chi connectivity index (χ1v) is 18.8. The van der Waals surface area contributed by atoms with Crippen molar-refractivity contribution in [3.8, 4) is 78.8 Å². The third-order valence-corrected chi connectivity index (χ3v) is 10.3. The van der Waals surface area contributed by atoms with Crippen molar-refractivity contribution in [2.75, 3.05) is 0 Å². The summed E-state index contributed by atoms with van der Waals surface area (Å²) >= 11 is 0. The number of benzene rings is 8. The van der Waals surface area contributed by atoms with Crippen LogP contribution >= 0.6 is 0 Å². The number of aromatic nitrogens is 4. The molecule has 0 saturated carbocycles. The van der Waals surface area contributed by atoms with Crippen LogP contribution in [0.4, 0.5) is 0 Å². The minimum absolute atomic E-state index is 0.598. The monoisotopic (exact) mass is 714 g/mol. The Bertz CT molecular complexity index is 3000. The smallest absolute Gasteiger partial charge is 0.164 e. The molecule has 0 saturated heterocycles. The Morgan fingerprint density at radius 1 is 0.268 bits per heavy atom. The lowest BCUT2D eigenvalue weighted by Gasteiger charge is -2.15. The fourth-order valence-corrected chi connectivity index (χ4v) is 7.54. The largest absolute Gasteiger partial charge is 0.256 e. The van der Waals surface area contributed by atoms with Gasteiger partial charge in [0.25, 0.3) is 0 Å². The summed E-state index contributed by atoms with van der Waals surface area (Å²) in [7, 11) is 0. The van der Waals surface area contributed by atoms with E-state index in [1.54, 1.807) is 0 Å². The van der Waals surface area contributed by atoms with Crippen LogP contribution in [0.2, 0.25) is 0 Å². The van der Waals surface area contributed by atoms with Crippen molar-refractivity contribution in [2.45, 2.75) is 0 Å². The topological polar surface area (TPSA) is 51.6 Å². The molecule has 0 fully saturated rings. The van der Waals surface area contributed by atoms with Crippen LogP contribution in [-0.2, 0) is 0 Å². The van der Waals surface area contributed by atoms with Gasteiger partial charge in [-0.05, 0) is 85.8 Å². The molecule has 2 aromatic heterocycles. The SMILES string of the molecule is c1ccc(-c2cccc(-c3nc(-c4ccccc4)nc(-c4cc(-c5ccc(-c6ccccc6)nc5)cc(-c5cc6ccccc6c6ccccc56)c4)n3)c2)cc1. The van der Waals surface area contributed by atoms with Gasteiger partial charge >= 0.3 is 0 Å². The number of rotatable bonds is 7. The van der Waals surface area contributed by atoms with Gasteiger partial charge in [0.1, 0.15) is 0 Å². The van der Waals surface area contributed by atoms with Crippen molar-refractivity contribution < 1.29 is 0 Å². The van der Waals surface area contributed by atoms with Crippen LogP contribution in [0.25, 0.3) is 100 Å². The van der Waals surface area contributed by atoms with Crippen LogP contribution in [-0.4, -0.2) is 19.9 Å². The second kappa shape index (κ2) is 14.3. The molecule has 4 nitrogen and oxygen atoms in total. The minimum atomic E-state index is 0.598. The van der Waals surface area contributed by atoms with Crippen molar-refractivity contribution in [1.29, 1.82) is 0 Å². The fraction of sp³-hybridized carbons (Fsp3) is 0. The van der Waals surface area contributed by atoms with E-state index in [2.05, 4.69) is 146 Å². The van der Waals surface area contributed by atoms with E-state index in [0.717, 1.165) is 61.3 Å². The first-order valence-electron chi connectivity index (χ1n) is 18.8. The highest BCUT2D eigenvalue weighted by molar-refractivity contribution is 6.14. The number of hydrogen-bond acceptors (Lipinski definition) is 4. The van der Waals surface area contributed by atoms with Crippen LogP contribution in [0.15, 0.2) is 206 Å². The van der Waals surface area contributed by atoms with Gasteiger partial charge in [0.2, 0.25) is 0 Å². The molecule has 0 aliphatic carbocycles. The lowest BCUT2D eigenvalue weighted by molar-refractivity contribution is 1.07. The quantitative estimate of drug-likeness (QED) is 0.154. The summed E-state index contributed by atoms with van der Waals surface area (Å²) in [5.74, 6) is 1.83. The average molecular weight is 715 g/mol. The third kappa shape index (κ3) is 6.40. The zero-order chi connectivity index (χ0) is 37.3. The third-order valence-electron chi connectivity index (χ3n) is 10.3. The molecule has 0 radical (unpaired) electrons. The van der Waals surface area contributed by atoms with Gasteiger partial charge < -0.3 is 0 Å². The highest BCUT2D eigenvalue weighted by Crippen LogP contribution is 2.39. The summed E-state index contributed by atoms with van der Waals surface area (Å²) in [6.45, 7) is 0. The van der Waals surface area contributed by atoms with E-state index in [1.165, 1.54) is 21.5 Å². The van der Waals surface area contributed by atoms with E-state index >= 15 is 0 Å². The molecule has 0 N–H and O–H groups in total. The molecule has 0 aliphatic rings. The second-order valence-electron chi connectivity index (χ2n) is 13.9. The first kappa shape index (κ1) is 33.0. The van der Waals surface area contributed by atoms with Crippen LogP contribution in [0.3, 0.4) is 0 Å². The number of nitrogens with zero attached hydrogens (tertiary/aromatic N) is 4. The van der Waals surface area contributed by atoms with E-state index in [0.29, 0.717) is 17.5 Å².